The first-order chi connectivity index (χ1) is 9.89. The Hall–Kier alpha value is -0.420. The van der Waals surface area contributed by atoms with Crippen LogP contribution in [0.3, 0.4) is 0 Å². The highest BCUT2D eigenvalue weighted by Crippen LogP contribution is 2.30. The maximum atomic E-state index is 5.62. The summed E-state index contributed by atoms with van der Waals surface area (Å²) in [5.74, 6) is 0. The normalized spacial score (nSPS) is 23.8. The van der Waals surface area contributed by atoms with Gasteiger partial charge in [-0.2, -0.15) is 0 Å². The first-order valence-electron chi connectivity index (χ1n) is 7.95. The first kappa shape index (κ1) is 14.5. The first-order valence-corrected chi connectivity index (χ1v) is 8.83. The molecule has 0 bridgehead atoms. The molecule has 4 heteroatoms. The van der Waals surface area contributed by atoms with Gasteiger partial charge in [0.25, 0.3) is 0 Å². The molecule has 3 rings (SSSR count). The van der Waals surface area contributed by atoms with Gasteiger partial charge in [0, 0.05) is 36.7 Å². The Morgan fingerprint density at radius 2 is 2.00 bits per heavy atom. The maximum absolute atomic E-state index is 5.62. The SMILES string of the molecule is c1csc(CNCC2(N3CCCCC3)CCOCC2)c1. The molecule has 0 aliphatic carbocycles. The second-order valence-electron chi connectivity index (χ2n) is 6.07. The van der Waals surface area contributed by atoms with Crippen LogP contribution in [0, 0.1) is 0 Å². The fourth-order valence-corrected chi connectivity index (χ4v) is 4.23. The van der Waals surface area contributed by atoms with E-state index < -0.39 is 0 Å². The summed E-state index contributed by atoms with van der Waals surface area (Å²) in [6, 6.07) is 4.35. The minimum absolute atomic E-state index is 0.343. The number of piperidine rings is 1. The van der Waals surface area contributed by atoms with E-state index in [0.717, 1.165) is 26.3 Å². The smallest absolute Gasteiger partial charge is 0.0484 e. The van der Waals surface area contributed by atoms with Crippen LogP contribution in [0.1, 0.15) is 37.0 Å². The van der Waals surface area contributed by atoms with Gasteiger partial charge in [-0.1, -0.05) is 12.5 Å². The molecule has 0 amide bonds. The van der Waals surface area contributed by atoms with Crippen molar-refractivity contribution in [2.75, 3.05) is 32.8 Å². The minimum atomic E-state index is 0.343. The fraction of sp³-hybridized carbons (Fsp3) is 0.750. The summed E-state index contributed by atoms with van der Waals surface area (Å²) >= 11 is 1.84. The summed E-state index contributed by atoms with van der Waals surface area (Å²) < 4.78 is 5.62. The molecule has 20 heavy (non-hydrogen) atoms. The molecule has 0 unspecified atom stereocenters. The summed E-state index contributed by atoms with van der Waals surface area (Å²) in [6.07, 6.45) is 6.52. The van der Waals surface area contributed by atoms with Crippen LogP contribution < -0.4 is 5.32 Å². The van der Waals surface area contributed by atoms with Gasteiger partial charge in [-0.15, -0.1) is 11.3 Å². The largest absolute Gasteiger partial charge is 0.381 e. The van der Waals surface area contributed by atoms with Gasteiger partial charge in [-0.05, 0) is 50.2 Å². The third-order valence-electron chi connectivity index (χ3n) is 4.78. The number of thiophene rings is 1. The number of ether oxygens (including phenoxy) is 1. The second-order valence-corrected chi connectivity index (χ2v) is 7.10. The molecule has 0 spiro atoms. The summed E-state index contributed by atoms with van der Waals surface area (Å²) in [5, 5.41) is 5.87. The minimum Gasteiger partial charge on any atom is -0.381 e. The Morgan fingerprint density at radius 1 is 1.20 bits per heavy atom. The lowest BCUT2D eigenvalue weighted by Crippen LogP contribution is -2.58. The second kappa shape index (κ2) is 7.03. The third kappa shape index (κ3) is 3.42. The molecule has 1 aromatic rings. The van der Waals surface area contributed by atoms with E-state index >= 15 is 0 Å². The molecule has 1 aromatic heterocycles. The Balaban J connectivity index is 1.59. The molecule has 0 radical (unpaired) electrons. The van der Waals surface area contributed by atoms with Crippen LogP contribution in [-0.4, -0.2) is 43.3 Å². The molecule has 2 aliphatic rings. The number of likely N-dealkylation sites (tertiary alicyclic amines) is 1. The zero-order chi connectivity index (χ0) is 13.7. The van der Waals surface area contributed by atoms with E-state index in [-0.39, 0.29) is 0 Å². The van der Waals surface area contributed by atoms with Crippen LogP contribution in [0.25, 0.3) is 0 Å². The van der Waals surface area contributed by atoms with Crippen LogP contribution in [0.15, 0.2) is 17.5 Å². The van der Waals surface area contributed by atoms with Gasteiger partial charge in [0.05, 0.1) is 0 Å². The van der Waals surface area contributed by atoms with Crippen LogP contribution in [0.4, 0.5) is 0 Å². The van der Waals surface area contributed by atoms with E-state index in [0.29, 0.717) is 5.54 Å². The van der Waals surface area contributed by atoms with E-state index in [1.807, 2.05) is 11.3 Å². The number of hydrogen-bond acceptors (Lipinski definition) is 4. The lowest BCUT2D eigenvalue weighted by atomic mass is 9.86. The van der Waals surface area contributed by atoms with Gasteiger partial charge >= 0.3 is 0 Å². The zero-order valence-corrected chi connectivity index (χ0v) is 13.1. The van der Waals surface area contributed by atoms with Crippen molar-refractivity contribution in [3.05, 3.63) is 22.4 Å². The Morgan fingerprint density at radius 3 is 2.70 bits per heavy atom. The molecule has 1 N–H and O–H groups in total. The van der Waals surface area contributed by atoms with E-state index in [9.17, 15) is 0 Å². The van der Waals surface area contributed by atoms with Crippen molar-refractivity contribution in [1.29, 1.82) is 0 Å². The molecule has 0 saturated carbocycles. The van der Waals surface area contributed by atoms with Crippen molar-refractivity contribution in [2.24, 2.45) is 0 Å². The highest BCUT2D eigenvalue weighted by atomic mass is 32.1. The summed E-state index contributed by atoms with van der Waals surface area (Å²) in [6.45, 7) is 6.53. The topological polar surface area (TPSA) is 24.5 Å². The highest BCUT2D eigenvalue weighted by molar-refractivity contribution is 7.09. The number of hydrogen-bond donors (Lipinski definition) is 1. The Bertz CT molecular complexity index is 381. The standard InChI is InChI=1S/C16H26N2OS/c1-2-8-18(9-3-1)16(6-10-19-11-7-16)14-17-13-15-5-4-12-20-15/h4-5,12,17H,1-3,6-11,13-14H2. The van der Waals surface area contributed by atoms with Crippen LogP contribution in [0.2, 0.25) is 0 Å². The van der Waals surface area contributed by atoms with Crippen molar-refractivity contribution in [3.8, 4) is 0 Å². The number of nitrogens with zero attached hydrogens (tertiary/aromatic N) is 1. The zero-order valence-electron chi connectivity index (χ0n) is 12.3. The lowest BCUT2D eigenvalue weighted by molar-refractivity contribution is -0.0357. The van der Waals surface area contributed by atoms with Crippen molar-refractivity contribution in [1.82, 2.24) is 10.2 Å². The molecule has 2 saturated heterocycles. The quantitative estimate of drug-likeness (QED) is 0.904. The van der Waals surface area contributed by atoms with E-state index in [2.05, 4.69) is 27.7 Å². The molecule has 2 aliphatic heterocycles. The molecular weight excluding hydrogens is 268 g/mol. The van der Waals surface area contributed by atoms with Crippen LogP contribution >= 0.6 is 11.3 Å². The fourth-order valence-electron chi connectivity index (χ4n) is 3.56. The van der Waals surface area contributed by atoms with Crippen molar-refractivity contribution in [3.63, 3.8) is 0 Å². The Kier molecular flexibility index (Phi) is 5.10. The molecule has 0 aromatic carbocycles. The molecular formula is C16H26N2OS. The van der Waals surface area contributed by atoms with Gasteiger partial charge < -0.3 is 10.1 Å². The average molecular weight is 294 g/mol. The highest BCUT2D eigenvalue weighted by Gasteiger charge is 2.38. The third-order valence-corrected chi connectivity index (χ3v) is 5.66. The van der Waals surface area contributed by atoms with Gasteiger partial charge in [-0.25, -0.2) is 0 Å². The average Bonchev–Trinajstić information content (AvgIpc) is 3.02. The van der Waals surface area contributed by atoms with E-state index in [1.54, 1.807) is 0 Å². The van der Waals surface area contributed by atoms with E-state index in [4.69, 9.17) is 4.74 Å². The van der Waals surface area contributed by atoms with Crippen molar-refractivity contribution in [2.45, 2.75) is 44.2 Å². The number of rotatable bonds is 5. The Labute approximate surface area is 126 Å². The summed E-state index contributed by atoms with van der Waals surface area (Å²) in [7, 11) is 0. The number of nitrogens with one attached hydrogen (secondary N) is 1. The summed E-state index contributed by atoms with van der Waals surface area (Å²) in [4.78, 5) is 4.19. The molecule has 3 heterocycles. The summed E-state index contributed by atoms with van der Waals surface area (Å²) in [5.41, 5.74) is 0.343. The molecule has 112 valence electrons. The van der Waals surface area contributed by atoms with Gasteiger partial charge in [0.15, 0.2) is 0 Å². The van der Waals surface area contributed by atoms with Crippen molar-refractivity contribution < 1.29 is 4.74 Å². The molecule has 2 fully saturated rings. The van der Waals surface area contributed by atoms with Crippen LogP contribution in [-0.2, 0) is 11.3 Å². The van der Waals surface area contributed by atoms with Crippen LogP contribution in [0.5, 0.6) is 0 Å². The lowest BCUT2D eigenvalue weighted by Gasteiger charge is -2.48. The predicted molar refractivity (Wildman–Crippen MR) is 84.2 cm³/mol. The van der Waals surface area contributed by atoms with Gasteiger partial charge in [-0.3, -0.25) is 4.90 Å². The molecule has 0 atom stereocenters. The predicted octanol–water partition coefficient (Wildman–Crippen LogP) is 2.87. The maximum Gasteiger partial charge on any atom is 0.0484 e. The van der Waals surface area contributed by atoms with Gasteiger partial charge in [0.2, 0.25) is 0 Å². The monoisotopic (exact) mass is 294 g/mol. The van der Waals surface area contributed by atoms with Gasteiger partial charge in [0.1, 0.15) is 0 Å². The van der Waals surface area contributed by atoms with E-state index in [1.165, 1.54) is 50.1 Å². The van der Waals surface area contributed by atoms with Crippen molar-refractivity contribution >= 4 is 11.3 Å². The molecule has 3 nitrogen and oxygen atoms in total.